The third-order valence-electron chi connectivity index (χ3n) is 3.63. The fourth-order valence-corrected chi connectivity index (χ4v) is 2.71. The second kappa shape index (κ2) is 5.75. The third kappa shape index (κ3) is 3.53. The molecule has 1 aliphatic rings. The van der Waals surface area contributed by atoms with Crippen molar-refractivity contribution in [3.63, 3.8) is 0 Å². The quantitative estimate of drug-likeness (QED) is 0.651. The number of carbonyl (C=O) groups excluding carboxylic acids is 1. The van der Waals surface area contributed by atoms with E-state index in [1.165, 1.54) is 12.1 Å². The van der Waals surface area contributed by atoms with Crippen LogP contribution in [0.25, 0.3) is 0 Å². The van der Waals surface area contributed by atoms with Gasteiger partial charge in [0.1, 0.15) is 0 Å². The highest BCUT2D eigenvalue weighted by molar-refractivity contribution is 6.02. The van der Waals surface area contributed by atoms with Crippen molar-refractivity contribution in [2.24, 2.45) is 16.5 Å². The Bertz CT molecular complexity index is 571. The van der Waals surface area contributed by atoms with Crippen molar-refractivity contribution in [3.8, 4) is 0 Å². The molecule has 21 heavy (non-hydrogen) atoms. The molecule has 4 nitrogen and oxygen atoms in total. The van der Waals surface area contributed by atoms with Crippen LogP contribution in [0.3, 0.4) is 0 Å². The van der Waals surface area contributed by atoms with E-state index in [1.807, 2.05) is 0 Å². The molecule has 1 saturated carbocycles. The zero-order valence-electron chi connectivity index (χ0n) is 11.3. The zero-order chi connectivity index (χ0) is 15.6. The van der Waals surface area contributed by atoms with Crippen LogP contribution >= 0.6 is 0 Å². The molecule has 0 saturated heterocycles. The topological polar surface area (TPSA) is 81.5 Å². The first-order valence-corrected chi connectivity index (χ1v) is 6.64. The minimum absolute atomic E-state index is 0.103. The number of amides is 1. The van der Waals surface area contributed by atoms with E-state index >= 15 is 0 Å². The molecule has 4 N–H and O–H groups in total. The van der Waals surface area contributed by atoms with Crippen LogP contribution in [-0.2, 0) is 6.18 Å². The average molecular weight is 299 g/mol. The van der Waals surface area contributed by atoms with Crippen molar-refractivity contribution in [2.75, 3.05) is 0 Å². The van der Waals surface area contributed by atoms with E-state index in [9.17, 15) is 18.0 Å². The van der Waals surface area contributed by atoms with Gasteiger partial charge >= 0.3 is 6.18 Å². The predicted octanol–water partition coefficient (Wildman–Crippen LogP) is 2.78. The lowest BCUT2D eigenvalue weighted by Gasteiger charge is -2.18. The number of benzene rings is 1. The molecule has 2 rings (SSSR count). The number of carbonyl (C=O) groups is 1. The van der Waals surface area contributed by atoms with Crippen molar-refractivity contribution in [1.29, 1.82) is 0 Å². The number of halogens is 3. The molecule has 1 aliphatic carbocycles. The number of alkyl halides is 3. The van der Waals surface area contributed by atoms with E-state index in [-0.39, 0.29) is 17.0 Å². The summed E-state index contributed by atoms with van der Waals surface area (Å²) in [7, 11) is 0. The molecule has 0 heterocycles. The van der Waals surface area contributed by atoms with Gasteiger partial charge in [0.15, 0.2) is 5.96 Å². The van der Waals surface area contributed by atoms with Crippen LogP contribution in [0.4, 0.5) is 13.2 Å². The fourth-order valence-electron chi connectivity index (χ4n) is 2.71. The molecule has 0 bridgehead atoms. The molecule has 1 amide bonds. The fraction of sp³-hybridized carbons (Fsp3) is 0.429. The van der Waals surface area contributed by atoms with E-state index in [0.717, 1.165) is 31.7 Å². The lowest BCUT2D eigenvalue weighted by atomic mass is 9.91. The van der Waals surface area contributed by atoms with Crippen LogP contribution in [0.15, 0.2) is 23.2 Å². The van der Waals surface area contributed by atoms with Gasteiger partial charge in [0.2, 0.25) is 0 Å². The summed E-state index contributed by atoms with van der Waals surface area (Å²) in [6.07, 6.45) is -1.17. The van der Waals surface area contributed by atoms with Crippen molar-refractivity contribution in [3.05, 3.63) is 34.9 Å². The highest BCUT2D eigenvalue weighted by atomic mass is 19.4. The maximum atomic E-state index is 13.2. The maximum Gasteiger partial charge on any atom is 0.416 e. The SMILES string of the molecule is NC(N)=NC(=O)c1ccc(C2CCCC2)c(C(F)(F)F)c1. The van der Waals surface area contributed by atoms with E-state index in [1.54, 1.807) is 0 Å². The highest BCUT2D eigenvalue weighted by Crippen LogP contribution is 2.41. The summed E-state index contributed by atoms with van der Waals surface area (Å²) in [5, 5.41) is 0. The maximum absolute atomic E-state index is 13.2. The van der Waals surface area contributed by atoms with Gasteiger partial charge < -0.3 is 11.5 Å². The van der Waals surface area contributed by atoms with Crippen LogP contribution in [0, 0.1) is 0 Å². The molecule has 1 fully saturated rings. The lowest BCUT2D eigenvalue weighted by Crippen LogP contribution is -2.24. The number of nitrogens with zero attached hydrogens (tertiary/aromatic N) is 1. The Kier molecular flexibility index (Phi) is 4.20. The molecule has 1 aromatic rings. The Morgan fingerprint density at radius 2 is 1.81 bits per heavy atom. The number of guanidine groups is 1. The second-order valence-corrected chi connectivity index (χ2v) is 5.12. The molecular weight excluding hydrogens is 283 g/mol. The molecule has 0 unspecified atom stereocenters. The van der Waals surface area contributed by atoms with Gasteiger partial charge in [-0.3, -0.25) is 4.79 Å². The molecule has 114 valence electrons. The first-order chi connectivity index (χ1) is 9.79. The van der Waals surface area contributed by atoms with E-state index in [4.69, 9.17) is 11.5 Å². The molecule has 0 atom stereocenters. The molecule has 0 spiro atoms. The van der Waals surface area contributed by atoms with Crippen molar-refractivity contribution in [1.82, 2.24) is 0 Å². The van der Waals surface area contributed by atoms with Crippen molar-refractivity contribution < 1.29 is 18.0 Å². The van der Waals surface area contributed by atoms with Gasteiger partial charge in [-0.1, -0.05) is 18.9 Å². The van der Waals surface area contributed by atoms with E-state index in [2.05, 4.69) is 4.99 Å². The van der Waals surface area contributed by atoms with Gasteiger partial charge in [-0.05, 0) is 36.5 Å². The van der Waals surface area contributed by atoms with Crippen LogP contribution in [0.5, 0.6) is 0 Å². The molecular formula is C14H16F3N3O. The first-order valence-electron chi connectivity index (χ1n) is 6.64. The lowest BCUT2D eigenvalue weighted by molar-refractivity contribution is -0.138. The minimum Gasteiger partial charge on any atom is -0.370 e. The summed E-state index contributed by atoms with van der Waals surface area (Å²) in [5.74, 6) is -1.46. The molecule has 7 heteroatoms. The molecule has 0 radical (unpaired) electrons. The van der Waals surface area contributed by atoms with E-state index < -0.39 is 23.6 Å². The normalized spacial score (nSPS) is 16.0. The smallest absolute Gasteiger partial charge is 0.370 e. The Balaban J connectivity index is 2.45. The second-order valence-electron chi connectivity index (χ2n) is 5.12. The number of hydrogen-bond acceptors (Lipinski definition) is 1. The largest absolute Gasteiger partial charge is 0.416 e. The Morgan fingerprint density at radius 3 is 2.33 bits per heavy atom. The monoisotopic (exact) mass is 299 g/mol. The summed E-state index contributed by atoms with van der Waals surface area (Å²) >= 11 is 0. The van der Waals surface area contributed by atoms with Crippen LogP contribution in [0.1, 0.15) is 53.1 Å². The molecule has 0 aromatic heterocycles. The third-order valence-corrected chi connectivity index (χ3v) is 3.63. The van der Waals surface area contributed by atoms with Crippen LogP contribution in [0.2, 0.25) is 0 Å². The van der Waals surface area contributed by atoms with Crippen LogP contribution in [-0.4, -0.2) is 11.9 Å². The van der Waals surface area contributed by atoms with Crippen LogP contribution < -0.4 is 11.5 Å². The van der Waals surface area contributed by atoms with Gasteiger partial charge in [-0.2, -0.15) is 18.2 Å². The summed E-state index contributed by atoms with van der Waals surface area (Å²) in [4.78, 5) is 14.9. The minimum atomic E-state index is -4.51. The summed E-state index contributed by atoms with van der Waals surface area (Å²) in [5.41, 5.74) is 9.45. The summed E-state index contributed by atoms with van der Waals surface area (Å²) in [6, 6.07) is 3.55. The Labute approximate surface area is 120 Å². The number of hydrogen-bond donors (Lipinski definition) is 2. The zero-order valence-corrected chi connectivity index (χ0v) is 11.3. The Hall–Kier alpha value is -2.05. The van der Waals surface area contributed by atoms with Gasteiger partial charge in [0, 0.05) is 5.56 Å². The van der Waals surface area contributed by atoms with Crippen molar-refractivity contribution in [2.45, 2.75) is 37.8 Å². The van der Waals surface area contributed by atoms with Gasteiger partial charge in [-0.15, -0.1) is 0 Å². The standard InChI is InChI=1S/C14H16F3N3O/c15-14(16,17)11-7-9(12(21)20-13(18)19)5-6-10(11)8-3-1-2-4-8/h5-8H,1-4H2,(H4,18,19,20,21). The highest BCUT2D eigenvalue weighted by Gasteiger charge is 2.36. The van der Waals surface area contributed by atoms with Gasteiger partial charge in [0.25, 0.3) is 5.91 Å². The van der Waals surface area contributed by atoms with Crippen molar-refractivity contribution >= 4 is 11.9 Å². The molecule has 1 aromatic carbocycles. The molecule has 0 aliphatic heterocycles. The van der Waals surface area contributed by atoms with Gasteiger partial charge in [-0.25, -0.2) is 0 Å². The first kappa shape index (κ1) is 15.3. The van der Waals surface area contributed by atoms with Gasteiger partial charge in [0.05, 0.1) is 5.56 Å². The Morgan fingerprint density at radius 1 is 1.19 bits per heavy atom. The average Bonchev–Trinajstić information content (AvgIpc) is 2.89. The summed E-state index contributed by atoms with van der Waals surface area (Å²) < 4.78 is 39.6. The number of rotatable bonds is 2. The number of nitrogens with two attached hydrogens (primary N) is 2. The number of aliphatic imine (C=N–C) groups is 1. The summed E-state index contributed by atoms with van der Waals surface area (Å²) in [6.45, 7) is 0. The predicted molar refractivity (Wildman–Crippen MR) is 72.8 cm³/mol. The van der Waals surface area contributed by atoms with E-state index in [0.29, 0.717) is 0 Å².